The Bertz CT molecular complexity index is 797. The van der Waals surface area contributed by atoms with Crippen molar-refractivity contribution in [1.29, 1.82) is 0 Å². The fourth-order valence-corrected chi connectivity index (χ4v) is 3.34. The van der Waals surface area contributed by atoms with Gasteiger partial charge in [-0.15, -0.1) is 0 Å². The van der Waals surface area contributed by atoms with Gasteiger partial charge in [0, 0.05) is 36.2 Å². The molecule has 1 aromatic heterocycles. The van der Waals surface area contributed by atoms with Crippen molar-refractivity contribution in [2.24, 2.45) is 0 Å². The second-order valence-corrected chi connectivity index (χ2v) is 8.20. The number of carbonyl (C=O) groups excluding carboxylic acids is 2. The van der Waals surface area contributed by atoms with Crippen molar-refractivity contribution in [3.05, 3.63) is 35.6 Å². The molecule has 0 aliphatic heterocycles. The third-order valence-corrected chi connectivity index (χ3v) is 5.76. The molecule has 6 heteroatoms. The van der Waals surface area contributed by atoms with E-state index in [2.05, 4.69) is 5.32 Å². The van der Waals surface area contributed by atoms with Gasteiger partial charge >= 0.3 is 0 Å². The predicted molar refractivity (Wildman–Crippen MR) is 106 cm³/mol. The lowest BCUT2D eigenvalue weighted by molar-refractivity contribution is -0.121. The highest BCUT2D eigenvalue weighted by Gasteiger charge is 2.34. The minimum absolute atomic E-state index is 0.0365. The molecule has 2 aromatic rings. The molecule has 140 valence electrons. The number of fused-ring (bicyclic) bond motifs is 1. The molecule has 1 unspecified atom stereocenters. The van der Waals surface area contributed by atoms with E-state index in [0.29, 0.717) is 30.5 Å². The van der Waals surface area contributed by atoms with E-state index in [0.717, 1.165) is 29.4 Å². The first kappa shape index (κ1) is 18.8. The van der Waals surface area contributed by atoms with E-state index in [1.165, 1.54) is 0 Å². The van der Waals surface area contributed by atoms with Crippen molar-refractivity contribution < 1.29 is 14.0 Å². The molecule has 26 heavy (non-hydrogen) atoms. The first-order chi connectivity index (χ1) is 12.5. The first-order valence-corrected chi connectivity index (χ1v) is 10.4. The lowest BCUT2D eigenvalue weighted by atomic mass is 10.1. The maximum atomic E-state index is 12.9. The lowest BCUT2D eigenvalue weighted by Crippen LogP contribution is -2.40. The van der Waals surface area contributed by atoms with Gasteiger partial charge in [-0.2, -0.15) is 11.8 Å². The van der Waals surface area contributed by atoms with Crippen molar-refractivity contribution in [2.75, 3.05) is 19.3 Å². The molecule has 1 aliphatic rings. The van der Waals surface area contributed by atoms with E-state index in [1.807, 2.05) is 49.3 Å². The number of carbonyl (C=O) groups is 2. The minimum Gasteiger partial charge on any atom is -0.451 e. The number of hydrogen-bond donors (Lipinski definition) is 1. The molecule has 0 saturated heterocycles. The summed E-state index contributed by atoms with van der Waals surface area (Å²) in [7, 11) is 0. The van der Waals surface area contributed by atoms with Crippen molar-refractivity contribution in [1.82, 2.24) is 10.2 Å². The Morgan fingerprint density at radius 3 is 2.81 bits per heavy atom. The van der Waals surface area contributed by atoms with Gasteiger partial charge in [-0.05, 0) is 43.7 Å². The summed E-state index contributed by atoms with van der Waals surface area (Å²) in [4.78, 5) is 26.7. The lowest BCUT2D eigenvalue weighted by Gasteiger charge is -2.21. The molecule has 0 radical (unpaired) electrons. The van der Waals surface area contributed by atoms with Gasteiger partial charge in [-0.1, -0.05) is 19.1 Å². The topological polar surface area (TPSA) is 62.6 Å². The van der Waals surface area contributed by atoms with Gasteiger partial charge in [0.05, 0.1) is 0 Å². The van der Waals surface area contributed by atoms with Crippen LogP contribution in [0.15, 0.2) is 28.7 Å². The van der Waals surface area contributed by atoms with Crippen molar-refractivity contribution in [3.63, 3.8) is 0 Å². The Hall–Kier alpha value is -1.95. The van der Waals surface area contributed by atoms with Gasteiger partial charge < -0.3 is 14.6 Å². The van der Waals surface area contributed by atoms with Crippen LogP contribution in [-0.2, 0) is 4.79 Å². The normalized spacial score (nSPS) is 15.0. The highest BCUT2D eigenvalue weighted by atomic mass is 32.2. The van der Waals surface area contributed by atoms with E-state index >= 15 is 0 Å². The summed E-state index contributed by atoms with van der Waals surface area (Å²) in [6, 6.07) is 7.92. The summed E-state index contributed by atoms with van der Waals surface area (Å²) in [5.41, 5.74) is 1.84. The summed E-state index contributed by atoms with van der Waals surface area (Å²) < 4.78 is 5.78. The van der Waals surface area contributed by atoms with Crippen LogP contribution in [0, 0.1) is 6.92 Å². The van der Waals surface area contributed by atoms with Crippen LogP contribution in [0.1, 0.15) is 42.3 Å². The highest BCUT2D eigenvalue weighted by molar-refractivity contribution is 7.99. The molecule has 1 aromatic carbocycles. The SMILES string of the molecule is CSC(C)CC(=O)NCCN(C(=O)c1cc2c(C)cccc2o1)C1CC1. The number of hydrogen-bond acceptors (Lipinski definition) is 4. The van der Waals surface area contributed by atoms with Crippen LogP contribution in [-0.4, -0.2) is 47.4 Å². The molecule has 5 nitrogen and oxygen atoms in total. The molecular formula is C20H26N2O3S. The van der Waals surface area contributed by atoms with E-state index in [4.69, 9.17) is 4.42 Å². The van der Waals surface area contributed by atoms with Crippen molar-refractivity contribution >= 4 is 34.5 Å². The third-order valence-electron chi connectivity index (χ3n) is 4.79. The van der Waals surface area contributed by atoms with Crippen LogP contribution in [0.3, 0.4) is 0 Å². The summed E-state index contributed by atoms with van der Waals surface area (Å²) >= 11 is 1.68. The van der Waals surface area contributed by atoms with Crippen LogP contribution >= 0.6 is 11.8 Å². The van der Waals surface area contributed by atoms with Crippen LogP contribution in [0.5, 0.6) is 0 Å². The molecule has 1 heterocycles. The van der Waals surface area contributed by atoms with Gasteiger partial charge in [-0.3, -0.25) is 9.59 Å². The standard InChI is InChI=1S/C20H26N2O3S/c1-13-5-4-6-17-16(13)12-18(25-17)20(24)22(15-7-8-15)10-9-21-19(23)11-14(2)26-3/h4-6,12,14-15H,7-11H2,1-3H3,(H,21,23). The Morgan fingerprint density at radius 2 is 2.15 bits per heavy atom. The predicted octanol–water partition coefficient (Wildman–Crippen LogP) is 3.60. The average Bonchev–Trinajstić information content (AvgIpc) is 3.36. The van der Waals surface area contributed by atoms with Crippen molar-refractivity contribution in [2.45, 2.75) is 44.4 Å². The van der Waals surface area contributed by atoms with Gasteiger partial charge in [-0.25, -0.2) is 0 Å². The first-order valence-electron chi connectivity index (χ1n) is 9.09. The Balaban J connectivity index is 1.63. The molecule has 0 spiro atoms. The Morgan fingerprint density at radius 1 is 1.38 bits per heavy atom. The second kappa shape index (κ2) is 8.16. The zero-order valence-corrected chi connectivity index (χ0v) is 16.4. The number of rotatable bonds is 8. The van der Waals surface area contributed by atoms with Crippen molar-refractivity contribution in [3.8, 4) is 0 Å². The number of nitrogens with zero attached hydrogens (tertiary/aromatic N) is 1. The zero-order valence-electron chi connectivity index (χ0n) is 15.6. The van der Waals surface area contributed by atoms with Gasteiger partial charge in [0.15, 0.2) is 5.76 Å². The van der Waals surface area contributed by atoms with E-state index in [-0.39, 0.29) is 17.9 Å². The quantitative estimate of drug-likeness (QED) is 0.767. The summed E-state index contributed by atoms with van der Waals surface area (Å²) in [5, 5.41) is 4.20. The molecule has 1 aliphatic carbocycles. The fourth-order valence-electron chi connectivity index (χ4n) is 3.02. The van der Waals surface area contributed by atoms with Crippen LogP contribution in [0.25, 0.3) is 11.0 Å². The largest absolute Gasteiger partial charge is 0.451 e. The smallest absolute Gasteiger partial charge is 0.289 e. The number of amides is 2. The molecular weight excluding hydrogens is 348 g/mol. The molecule has 0 bridgehead atoms. The second-order valence-electron chi connectivity index (χ2n) is 6.93. The summed E-state index contributed by atoms with van der Waals surface area (Å²) in [6.07, 6.45) is 4.53. The van der Waals surface area contributed by atoms with Gasteiger partial charge in [0.2, 0.25) is 5.91 Å². The minimum atomic E-state index is -0.0881. The maximum absolute atomic E-state index is 12.9. The number of furan rings is 1. The Kier molecular flexibility index (Phi) is 5.91. The molecule has 2 amide bonds. The fraction of sp³-hybridized carbons (Fsp3) is 0.500. The van der Waals surface area contributed by atoms with E-state index in [9.17, 15) is 9.59 Å². The zero-order chi connectivity index (χ0) is 18.7. The summed E-state index contributed by atoms with van der Waals surface area (Å²) in [6.45, 7) is 5.03. The molecule has 1 atom stereocenters. The average molecular weight is 375 g/mol. The van der Waals surface area contributed by atoms with Gasteiger partial charge in [0.1, 0.15) is 5.58 Å². The highest BCUT2D eigenvalue weighted by Crippen LogP contribution is 2.30. The molecule has 1 N–H and O–H groups in total. The molecule has 3 rings (SSSR count). The molecule has 1 fully saturated rings. The van der Waals surface area contributed by atoms with E-state index in [1.54, 1.807) is 11.8 Å². The Labute approximate surface area is 158 Å². The number of thioether (sulfide) groups is 1. The summed E-state index contributed by atoms with van der Waals surface area (Å²) in [5.74, 6) is 0.327. The number of nitrogens with one attached hydrogen (secondary N) is 1. The van der Waals surface area contributed by atoms with E-state index < -0.39 is 0 Å². The number of benzene rings is 1. The van der Waals surface area contributed by atoms with Gasteiger partial charge in [0.25, 0.3) is 5.91 Å². The van der Waals surface area contributed by atoms with Crippen LogP contribution < -0.4 is 5.32 Å². The monoisotopic (exact) mass is 374 g/mol. The van der Waals surface area contributed by atoms with Crippen LogP contribution in [0.4, 0.5) is 0 Å². The third kappa shape index (κ3) is 4.41. The molecule has 1 saturated carbocycles. The van der Waals surface area contributed by atoms with Crippen LogP contribution in [0.2, 0.25) is 0 Å². The number of aryl methyl sites for hydroxylation is 1. The maximum Gasteiger partial charge on any atom is 0.289 e.